The summed E-state index contributed by atoms with van der Waals surface area (Å²) >= 11 is 0. The highest BCUT2D eigenvalue weighted by Gasteiger charge is 2.21. The molecule has 0 bridgehead atoms. The second-order valence-corrected chi connectivity index (χ2v) is 3.51. The molecule has 0 amide bonds. The van der Waals surface area contributed by atoms with Gasteiger partial charge in [0.1, 0.15) is 0 Å². The van der Waals surface area contributed by atoms with Crippen LogP contribution in [0.1, 0.15) is 12.5 Å². The highest BCUT2D eigenvalue weighted by atomic mass is 16.6. The van der Waals surface area contributed by atoms with E-state index in [4.69, 9.17) is 4.74 Å². The first-order valence-corrected chi connectivity index (χ1v) is 4.95. The second-order valence-electron chi connectivity index (χ2n) is 3.51. The Balaban J connectivity index is 2.98. The smallest absolute Gasteiger partial charge is 0.346 e. The molecule has 1 aromatic rings. The van der Waals surface area contributed by atoms with E-state index in [-0.39, 0.29) is 11.4 Å². The van der Waals surface area contributed by atoms with Crippen molar-refractivity contribution in [1.82, 2.24) is 0 Å². The van der Waals surface area contributed by atoms with Gasteiger partial charge in [-0.15, -0.1) is 0 Å². The molecule has 0 radical (unpaired) electrons. The van der Waals surface area contributed by atoms with Gasteiger partial charge in [-0.2, -0.15) is 0 Å². The number of rotatable bonds is 4. The zero-order chi connectivity index (χ0) is 13.0. The van der Waals surface area contributed by atoms with Gasteiger partial charge in [0.2, 0.25) is 0 Å². The normalized spacial score (nSPS) is 11.7. The molecule has 0 N–H and O–H groups in total. The molecular weight excluding hydrogens is 226 g/mol. The van der Waals surface area contributed by atoms with Crippen LogP contribution in [0.4, 0.5) is 5.69 Å². The van der Waals surface area contributed by atoms with Gasteiger partial charge in [0, 0.05) is 6.07 Å². The van der Waals surface area contributed by atoms with Gasteiger partial charge in [-0.1, -0.05) is 6.07 Å². The third-order valence-corrected chi connectivity index (χ3v) is 2.15. The van der Waals surface area contributed by atoms with E-state index in [9.17, 15) is 14.9 Å². The van der Waals surface area contributed by atoms with Crippen molar-refractivity contribution in [3.8, 4) is 5.75 Å². The Kier molecular flexibility index (Phi) is 4.03. The van der Waals surface area contributed by atoms with Crippen LogP contribution in [0.15, 0.2) is 18.2 Å². The number of nitrogens with zero attached hydrogens (tertiary/aromatic N) is 1. The van der Waals surface area contributed by atoms with Crippen LogP contribution in [0.2, 0.25) is 0 Å². The standard InChI is InChI=1S/C11H13NO5/c1-7-4-5-10(9(6-7)12(14)15)17-8(2)11(13)16-3/h4-6,8H,1-3H3/t8-/m0/s1. The zero-order valence-corrected chi connectivity index (χ0v) is 9.80. The molecule has 0 aromatic heterocycles. The first kappa shape index (κ1) is 13.0. The van der Waals surface area contributed by atoms with Crippen LogP contribution in [0, 0.1) is 17.0 Å². The molecule has 0 aliphatic rings. The van der Waals surface area contributed by atoms with Crippen LogP contribution >= 0.6 is 0 Å². The number of nitro benzene ring substituents is 1. The Bertz CT molecular complexity index is 443. The predicted molar refractivity (Wildman–Crippen MR) is 59.9 cm³/mol. The number of hydrogen-bond donors (Lipinski definition) is 0. The maximum atomic E-state index is 11.1. The molecule has 92 valence electrons. The van der Waals surface area contributed by atoms with Gasteiger partial charge in [0.15, 0.2) is 11.9 Å². The monoisotopic (exact) mass is 239 g/mol. The predicted octanol–water partition coefficient (Wildman–Crippen LogP) is 1.84. The van der Waals surface area contributed by atoms with E-state index in [0.29, 0.717) is 0 Å². The molecule has 1 rings (SSSR count). The van der Waals surface area contributed by atoms with Crippen molar-refractivity contribution in [2.75, 3.05) is 7.11 Å². The molecule has 6 nitrogen and oxygen atoms in total. The summed E-state index contributed by atoms with van der Waals surface area (Å²) in [7, 11) is 1.23. The molecule has 1 atom stereocenters. The lowest BCUT2D eigenvalue weighted by molar-refractivity contribution is -0.386. The number of carbonyl (C=O) groups excluding carboxylic acids is 1. The van der Waals surface area contributed by atoms with Crippen LogP contribution in [0.25, 0.3) is 0 Å². The average Bonchev–Trinajstić information content (AvgIpc) is 2.29. The molecule has 0 fully saturated rings. The van der Waals surface area contributed by atoms with Gasteiger partial charge in [0.05, 0.1) is 12.0 Å². The van der Waals surface area contributed by atoms with Gasteiger partial charge in [0.25, 0.3) is 0 Å². The van der Waals surface area contributed by atoms with Gasteiger partial charge >= 0.3 is 11.7 Å². The average molecular weight is 239 g/mol. The lowest BCUT2D eigenvalue weighted by Gasteiger charge is -2.12. The molecular formula is C11H13NO5. The van der Waals surface area contributed by atoms with Gasteiger partial charge in [-0.25, -0.2) is 4.79 Å². The fourth-order valence-corrected chi connectivity index (χ4v) is 1.27. The minimum absolute atomic E-state index is 0.0542. The van der Waals surface area contributed by atoms with E-state index >= 15 is 0 Å². The quantitative estimate of drug-likeness (QED) is 0.455. The zero-order valence-electron chi connectivity index (χ0n) is 9.80. The van der Waals surface area contributed by atoms with E-state index in [2.05, 4.69) is 4.74 Å². The van der Waals surface area contributed by atoms with Crippen molar-refractivity contribution in [3.05, 3.63) is 33.9 Å². The number of methoxy groups -OCH3 is 1. The molecule has 0 spiro atoms. The Labute approximate surface area is 98.3 Å². The maximum Gasteiger partial charge on any atom is 0.346 e. The third-order valence-electron chi connectivity index (χ3n) is 2.15. The number of carbonyl (C=O) groups is 1. The molecule has 0 heterocycles. The Morgan fingerprint density at radius 3 is 2.65 bits per heavy atom. The topological polar surface area (TPSA) is 78.7 Å². The lowest BCUT2D eigenvalue weighted by Crippen LogP contribution is -2.25. The Morgan fingerprint density at radius 2 is 2.12 bits per heavy atom. The van der Waals surface area contributed by atoms with Crippen LogP contribution in [0.5, 0.6) is 5.75 Å². The van der Waals surface area contributed by atoms with Crippen molar-refractivity contribution < 1.29 is 19.2 Å². The third kappa shape index (κ3) is 3.17. The fourth-order valence-electron chi connectivity index (χ4n) is 1.27. The summed E-state index contributed by atoms with van der Waals surface area (Å²) in [6.45, 7) is 3.20. The summed E-state index contributed by atoms with van der Waals surface area (Å²) in [5.41, 5.74) is 0.579. The molecule has 0 aliphatic heterocycles. The highest BCUT2D eigenvalue weighted by Crippen LogP contribution is 2.28. The van der Waals surface area contributed by atoms with Crippen LogP contribution in [0.3, 0.4) is 0 Å². The van der Waals surface area contributed by atoms with Crippen molar-refractivity contribution >= 4 is 11.7 Å². The SMILES string of the molecule is COC(=O)[C@H](C)Oc1ccc(C)cc1[N+](=O)[O-]. The van der Waals surface area contributed by atoms with Crippen molar-refractivity contribution in [2.24, 2.45) is 0 Å². The summed E-state index contributed by atoms with van der Waals surface area (Å²) in [4.78, 5) is 21.4. The highest BCUT2D eigenvalue weighted by molar-refractivity contribution is 5.74. The molecule has 6 heteroatoms. The van der Waals surface area contributed by atoms with Crippen molar-refractivity contribution in [2.45, 2.75) is 20.0 Å². The van der Waals surface area contributed by atoms with Crippen LogP contribution < -0.4 is 4.74 Å². The lowest BCUT2D eigenvalue weighted by atomic mass is 10.2. The van der Waals surface area contributed by atoms with E-state index in [1.54, 1.807) is 13.0 Å². The van der Waals surface area contributed by atoms with E-state index in [0.717, 1.165) is 5.56 Å². The number of benzene rings is 1. The Hall–Kier alpha value is -2.11. The molecule has 0 unspecified atom stereocenters. The summed E-state index contributed by atoms with van der Waals surface area (Å²) < 4.78 is 9.67. The van der Waals surface area contributed by atoms with Gasteiger partial charge in [-0.3, -0.25) is 10.1 Å². The minimum Gasteiger partial charge on any atom is -0.472 e. The summed E-state index contributed by atoms with van der Waals surface area (Å²) in [6, 6.07) is 4.53. The maximum absolute atomic E-state index is 11.1. The first-order chi connectivity index (χ1) is 7.95. The molecule has 0 aliphatic carbocycles. The van der Waals surface area contributed by atoms with Crippen LogP contribution in [-0.2, 0) is 9.53 Å². The Morgan fingerprint density at radius 1 is 1.47 bits per heavy atom. The van der Waals surface area contributed by atoms with Crippen LogP contribution in [-0.4, -0.2) is 24.1 Å². The second kappa shape index (κ2) is 5.29. The number of hydrogen-bond acceptors (Lipinski definition) is 5. The van der Waals surface area contributed by atoms with E-state index in [1.165, 1.54) is 26.2 Å². The van der Waals surface area contributed by atoms with Crippen molar-refractivity contribution in [3.63, 3.8) is 0 Å². The summed E-state index contributed by atoms with van der Waals surface area (Å²) in [5.74, 6) is -0.529. The fraction of sp³-hybridized carbons (Fsp3) is 0.364. The first-order valence-electron chi connectivity index (χ1n) is 4.95. The van der Waals surface area contributed by atoms with Gasteiger partial charge in [-0.05, 0) is 25.5 Å². The summed E-state index contributed by atoms with van der Waals surface area (Å²) in [6.07, 6.45) is -0.888. The minimum atomic E-state index is -0.888. The molecule has 17 heavy (non-hydrogen) atoms. The number of aryl methyl sites for hydroxylation is 1. The number of nitro groups is 1. The van der Waals surface area contributed by atoms with E-state index in [1.807, 2.05) is 0 Å². The molecule has 1 aromatic carbocycles. The molecule has 0 saturated carbocycles. The van der Waals surface area contributed by atoms with Crippen molar-refractivity contribution in [1.29, 1.82) is 0 Å². The number of ether oxygens (including phenoxy) is 2. The number of esters is 1. The molecule has 0 saturated heterocycles. The largest absolute Gasteiger partial charge is 0.472 e. The summed E-state index contributed by atoms with van der Waals surface area (Å²) in [5, 5.41) is 10.8. The van der Waals surface area contributed by atoms with E-state index < -0.39 is 17.0 Å². The van der Waals surface area contributed by atoms with Gasteiger partial charge < -0.3 is 9.47 Å².